The molecular weight excluding hydrogens is 198 g/mol. The number of halogens is 1. The van der Waals surface area contributed by atoms with E-state index < -0.39 is 0 Å². The second-order valence-electron chi connectivity index (χ2n) is 3.69. The normalized spacial score (nSPS) is 10.9. The van der Waals surface area contributed by atoms with Crippen LogP contribution in [0.2, 0.25) is 5.02 Å². The SMILES string of the molecule is CNCc1cc(Cl)c(C(C)C)cc1O. The van der Waals surface area contributed by atoms with Gasteiger partial charge in [-0.15, -0.1) is 0 Å². The first-order chi connectivity index (χ1) is 6.56. The number of benzene rings is 1. The highest BCUT2D eigenvalue weighted by Crippen LogP contribution is 2.30. The molecule has 0 heterocycles. The van der Waals surface area contributed by atoms with Crippen LogP contribution in [-0.4, -0.2) is 12.2 Å². The topological polar surface area (TPSA) is 32.3 Å². The monoisotopic (exact) mass is 213 g/mol. The molecule has 0 aliphatic heterocycles. The number of phenolic OH excluding ortho intramolecular Hbond substituents is 1. The summed E-state index contributed by atoms with van der Waals surface area (Å²) in [5, 5.41) is 13.4. The molecule has 0 unspecified atom stereocenters. The molecule has 0 saturated carbocycles. The third-order valence-electron chi connectivity index (χ3n) is 2.19. The number of nitrogens with one attached hydrogen (secondary N) is 1. The summed E-state index contributed by atoms with van der Waals surface area (Å²) in [5.41, 5.74) is 1.82. The van der Waals surface area contributed by atoms with Crippen molar-refractivity contribution >= 4 is 11.6 Å². The first-order valence-electron chi connectivity index (χ1n) is 4.72. The van der Waals surface area contributed by atoms with Crippen LogP contribution in [0.1, 0.15) is 30.9 Å². The van der Waals surface area contributed by atoms with Crippen LogP contribution in [0.5, 0.6) is 5.75 Å². The van der Waals surface area contributed by atoms with E-state index in [-0.39, 0.29) is 0 Å². The van der Waals surface area contributed by atoms with E-state index in [1.54, 1.807) is 6.07 Å². The van der Waals surface area contributed by atoms with Crippen molar-refractivity contribution in [3.63, 3.8) is 0 Å². The number of phenols is 1. The summed E-state index contributed by atoms with van der Waals surface area (Å²) in [7, 11) is 1.84. The van der Waals surface area contributed by atoms with Crippen LogP contribution in [0.25, 0.3) is 0 Å². The molecule has 0 spiro atoms. The van der Waals surface area contributed by atoms with E-state index >= 15 is 0 Å². The van der Waals surface area contributed by atoms with E-state index in [1.807, 2.05) is 13.1 Å². The van der Waals surface area contributed by atoms with Gasteiger partial charge in [-0.25, -0.2) is 0 Å². The van der Waals surface area contributed by atoms with Gasteiger partial charge in [-0.2, -0.15) is 0 Å². The van der Waals surface area contributed by atoms with Gasteiger partial charge in [-0.05, 0) is 30.7 Å². The second-order valence-corrected chi connectivity index (χ2v) is 4.09. The van der Waals surface area contributed by atoms with Gasteiger partial charge in [0.2, 0.25) is 0 Å². The fourth-order valence-corrected chi connectivity index (χ4v) is 1.80. The van der Waals surface area contributed by atoms with Gasteiger partial charge in [0.15, 0.2) is 0 Å². The predicted octanol–water partition coefficient (Wildman–Crippen LogP) is 2.89. The van der Waals surface area contributed by atoms with Gasteiger partial charge < -0.3 is 10.4 Å². The Morgan fingerprint density at radius 1 is 1.43 bits per heavy atom. The molecule has 3 heteroatoms. The maximum absolute atomic E-state index is 9.70. The van der Waals surface area contributed by atoms with Crippen molar-refractivity contribution in [1.29, 1.82) is 0 Å². The molecule has 0 aliphatic rings. The lowest BCUT2D eigenvalue weighted by Crippen LogP contribution is -2.05. The maximum Gasteiger partial charge on any atom is 0.120 e. The molecule has 2 nitrogen and oxygen atoms in total. The second kappa shape index (κ2) is 4.67. The fraction of sp³-hybridized carbons (Fsp3) is 0.455. The Morgan fingerprint density at radius 2 is 2.07 bits per heavy atom. The Bertz CT molecular complexity index is 323. The lowest BCUT2D eigenvalue weighted by molar-refractivity contribution is 0.465. The summed E-state index contributed by atoms with van der Waals surface area (Å²) in [4.78, 5) is 0. The molecule has 2 N–H and O–H groups in total. The van der Waals surface area contributed by atoms with Crippen LogP contribution in [0, 0.1) is 0 Å². The number of hydrogen-bond donors (Lipinski definition) is 2. The minimum atomic E-state index is 0.312. The quantitative estimate of drug-likeness (QED) is 0.810. The van der Waals surface area contributed by atoms with Gasteiger partial charge in [0.25, 0.3) is 0 Å². The van der Waals surface area contributed by atoms with Gasteiger partial charge in [0.1, 0.15) is 5.75 Å². The molecule has 1 rings (SSSR count). The molecule has 0 saturated heterocycles. The van der Waals surface area contributed by atoms with Gasteiger partial charge in [0, 0.05) is 17.1 Å². The zero-order chi connectivity index (χ0) is 10.7. The van der Waals surface area contributed by atoms with Crippen molar-refractivity contribution in [1.82, 2.24) is 5.32 Å². The standard InChI is InChI=1S/C11H16ClNO/c1-7(2)9-5-11(14)8(6-13-3)4-10(9)12/h4-5,7,13-14H,6H2,1-3H3. The molecule has 14 heavy (non-hydrogen) atoms. The summed E-state index contributed by atoms with van der Waals surface area (Å²) < 4.78 is 0. The first-order valence-corrected chi connectivity index (χ1v) is 5.10. The lowest BCUT2D eigenvalue weighted by atomic mass is 10.0. The summed E-state index contributed by atoms with van der Waals surface area (Å²) in [6.45, 7) is 4.74. The number of rotatable bonds is 3. The highest BCUT2D eigenvalue weighted by Gasteiger charge is 2.09. The van der Waals surface area contributed by atoms with Crippen LogP contribution >= 0.6 is 11.6 Å². The van der Waals surface area contributed by atoms with Crippen LogP contribution in [0.3, 0.4) is 0 Å². The van der Waals surface area contributed by atoms with Crippen molar-refractivity contribution < 1.29 is 5.11 Å². The highest BCUT2D eigenvalue weighted by molar-refractivity contribution is 6.31. The number of hydrogen-bond acceptors (Lipinski definition) is 2. The lowest BCUT2D eigenvalue weighted by Gasteiger charge is -2.11. The molecule has 0 fully saturated rings. The van der Waals surface area contributed by atoms with Crippen LogP contribution in [0.4, 0.5) is 0 Å². The molecule has 0 amide bonds. The van der Waals surface area contributed by atoms with Gasteiger partial charge in [-0.1, -0.05) is 25.4 Å². The molecule has 1 aromatic rings. The highest BCUT2D eigenvalue weighted by atomic mass is 35.5. The largest absolute Gasteiger partial charge is 0.508 e. The Labute approximate surface area is 89.9 Å². The Morgan fingerprint density at radius 3 is 2.57 bits per heavy atom. The van der Waals surface area contributed by atoms with Gasteiger partial charge >= 0.3 is 0 Å². The third kappa shape index (κ3) is 2.40. The molecule has 0 bridgehead atoms. The predicted molar refractivity (Wildman–Crippen MR) is 60.0 cm³/mol. The van der Waals surface area contributed by atoms with Crippen LogP contribution < -0.4 is 5.32 Å². The van der Waals surface area contributed by atoms with Gasteiger partial charge in [-0.3, -0.25) is 0 Å². The molecule has 1 aromatic carbocycles. The Balaban J connectivity index is 3.10. The third-order valence-corrected chi connectivity index (χ3v) is 2.51. The van der Waals surface area contributed by atoms with Crippen molar-refractivity contribution in [2.24, 2.45) is 0 Å². The molecule has 0 atom stereocenters. The summed E-state index contributed by atoms with van der Waals surface area (Å²) >= 11 is 6.09. The summed E-state index contributed by atoms with van der Waals surface area (Å²) in [6.07, 6.45) is 0. The van der Waals surface area contributed by atoms with Crippen LogP contribution in [-0.2, 0) is 6.54 Å². The first kappa shape index (κ1) is 11.3. The molecule has 0 aromatic heterocycles. The summed E-state index contributed by atoms with van der Waals surface area (Å²) in [5.74, 6) is 0.643. The summed E-state index contributed by atoms with van der Waals surface area (Å²) in [6, 6.07) is 3.57. The van der Waals surface area contributed by atoms with E-state index in [1.165, 1.54) is 0 Å². The van der Waals surface area contributed by atoms with Crippen molar-refractivity contribution in [3.05, 3.63) is 28.3 Å². The molecule has 0 aliphatic carbocycles. The van der Waals surface area contributed by atoms with Crippen molar-refractivity contribution in [2.45, 2.75) is 26.3 Å². The van der Waals surface area contributed by atoms with E-state index in [9.17, 15) is 5.11 Å². The zero-order valence-electron chi connectivity index (χ0n) is 8.76. The average Bonchev–Trinajstić information content (AvgIpc) is 2.10. The minimum absolute atomic E-state index is 0.312. The van der Waals surface area contributed by atoms with E-state index in [2.05, 4.69) is 19.2 Å². The van der Waals surface area contributed by atoms with E-state index in [0.717, 1.165) is 16.1 Å². The molecular formula is C11H16ClNO. The fourth-order valence-electron chi connectivity index (χ4n) is 1.39. The molecule has 78 valence electrons. The van der Waals surface area contributed by atoms with Crippen molar-refractivity contribution in [3.8, 4) is 5.75 Å². The van der Waals surface area contributed by atoms with Crippen LogP contribution in [0.15, 0.2) is 12.1 Å². The smallest absolute Gasteiger partial charge is 0.120 e. The Kier molecular flexibility index (Phi) is 3.78. The van der Waals surface area contributed by atoms with E-state index in [0.29, 0.717) is 18.2 Å². The Hall–Kier alpha value is -0.730. The molecule has 0 radical (unpaired) electrons. The average molecular weight is 214 g/mol. The van der Waals surface area contributed by atoms with Crippen molar-refractivity contribution in [2.75, 3.05) is 7.05 Å². The minimum Gasteiger partial charge on any atom is -0.508 e. The number of aromatic hydroxyl groups is 1. The zero-order valence-corrected chi connectivity index (χ0v) is 9.52. The maximum atomic E-state index is 9.70. The van der Waals surface area contributed by atoms with Gasteiger partial charge in [0.05, 0.1) is 0 Å². The van der Waals surface area contributed by atoms with E-state index in [4.69, 9.17) is 11.6 Å².